The molecule has 1 heterocycles. The zero-order chi connectivity index (χ0) is 12.2. The Morgan fingerprint density at radius 3 is 1.88 bits per heavy atom. The van der Waals surface area contributed by atoms with Gasteiger partial charge in [0.15, 0.2) is 6.29 Å². The molecule has 0 N–H and O–H groups in total. The van der Waals surface area contributed by atoms with Crippen LogP contribution >= 0.6 is 0 Å². The van der Waals surface area contributed by atoms with Crippen molar-refractivity contribution in [2.45, 2.75) is 83.8 Å². The number of hydrogen-bond acceptors (Lipinski definition) is 2. The maximum absolute atomic E-state index is 5.64. The van der Waals surface area contributed by atoms with E-state index in [0.29, 0.717) is 0 Å². The van der Waals surface area contributed by atoms with Crippen LogP contribution in [0, 0.1) is 0 Å². The van der Waals surface area contributed by atoms with Crippen molar-refractivity contribution in [1.82, 2.24) is 0 Å². The van der Waals surface area contributed by atoms with Gasteiger partial charge in [-0.25, -0.2) is 0 Å². The molecule has 17 heavy (non-hydrogen) atoms. The summed E-state index contributed by atoms with van der Waals surface area (Å²) in [6, 6.07) is 0. The first-order valence-electron chi connectivity index (χ1n) is 7.66. The summed E-state index contributed by atoms with van der Waals surface area (Å²) in [5, 5.41) is 0. The zero-order valence-corrected chi connectivity index (χ0v) is 11.6. The van der Waals surface area contributed by atoms with Crippen LogP contribution in [0.3, 0.4) is 0 Å². The highest BCUT2D eigenvalue weighted by Gasteiger charge is 2.11. The molecule has 0 saturated carbocycles. The molecule has 1 rings (SSSR count). The molecule has 0 amide bonds. The molecule has 1 saturated heterocycles. The Balaban J connectivity index is 1.82. The highest BCUT2D eigenvalue weighted by atomic mass is 16.7. The summed E-state index contributed by atoms with van der Waals surface area (Å²) in [7, 11) is 0. The molecule has 0 unspecified atom stereocenters. The van der Waals surface area contributed by atoms with Crippen molar-refractivity contribution < 1.29 is 9.47 Å². The SMILES string of the molecule is CCCCCCCCCCC1OCCCCO1. The summed E-state index contributed by atoms with van der Waals surface area (Å²) < 4.78 is 11.3. The minimum absolute atomic E-state index is 0.0950. The van der Waals surface area contributed by atoms with Crippen LogP contribution in [0.4, 0.5) is 0 Å². The van der Waals surface area contributed by atoms with Crippen LogP contribution in [-0.2, 0) is 9.47 Å². The fourth-order valence-corrected chi connectivity index (χ4v) is 2.29. The normalized spacial score (nSPS) is 18.2. The Hall–Kier alpha value is -0.0800. The highest BCUT2D eigenvalue weighted by Crippen LogP contribution is 2.14. The maximum Gasteiger partial charge on any atom is 0.157 e. The van der Waals surface area contributed by atoms with Gasteiger partial charge >= 0.3 is 0 Å². The van der Waals surface area contributed by atoms with Gasteiger partial charge < -0.3 is 9.47 Å². The van der Waals surface area contributed by atoms with Crippen molar-refractivity contribution in [3.8, 4) is 0 Å². The maximum atomic E-state index is 5.64. The highest BCUT2D eigenvalue weighted by molar-refractivity contribution is 4.53. The van der Waals surface area contributed by atoms with Gasteiger partial charge in [-0.2, -0.15) is 0 Å². The standard InChI is InChI=1S/C15H30O2/c1-2-3-4-5-6-7-8-9-12-15-16-13-10-11-14-17-15/h15H,2-14H2,1H3. The molecule has 0 radical (unpaired) electrons. The zero-order valence-electron chi connectivity index (χ0n) is 11.6. The van der Waals surface area contributed by atoms with Gasteiger partial charge in [0.25, 0.3) is 0 Å². The van der Waals surface area contributed by atoms with Gasteiger partial charge in [0.1, 0.15) is 0 Å². The molecular formula is C15H30O2. The monoisotopic (exact) mass is 242 g/mol. The molecule has 0 aromatic rings. The molecule has 0 bridgehead atoms. The summed E-state index contributed by atoms with van der Waals surface area (Å²) >= 11 is 0. The Bertz CT molecular complexity index is 151. The molecule has 0 aliphatic carbocycles. The van der Waals surface area contributed by atoms with Crippen LogP contribution in [0.1, 0.15) is 77.6 Å². The van der Waals surface area contributed by atoms with Gasteiger partial charge in [-0.15, -0.1) is 0 Å². The van der Waals surface area contributed by atoms with E-state index < -0.39 is 0 Å². The Kier molecular flexibility index (Phi) is 9.72. The van der Waals surface area contributed by atoms with E-state index >= 15 is 0 Å². The molecular weight excluding hydrogens is 212 g/mol. The molecule has 1 aliphatic heterocycles. The molecule has 2 nitrogen and oxygen atoms in total. The van der Waals surface area contributed by atoms with Gasteiger partial charge in [-0.3, -0.25) is 0 Å². The lowest BCUT2D eigenvalue weighted by molar-refractivity contribution is -0.130. The minimum atomic E-state index is 0.0950. The summed E-state index contributed by atoms with van der Waals surface area (Å²) in [6.45, 7) is 4.05. The fourth-order valence-electron chi connectivity index (χ4n) is 2.29. The lowest BCUT2D eigenvalue weighted by atomic mass is 10.1. The van der Waals surface area contributed by atoms with Crippen LogP contribution in [0.5, 0.6) is 0 Å². The summed E-state index contributed by atoms with van der Waals surface area (Å²) in [5.41, 5.74) is 0. The summed E-state index contributed by atoms with van der Waals surface area (Å²) in [5.74, 6) is 0. The minimum Gasteiger partial charge on any atom is -0.353 e. The number of rotatable bonds is 9. The number of ether oxygens (including phenoxy) is 2. The summed E-state index contributed by atoms with van der Waals surface area (Å²) in [6.07, 6.45) is 14.5. The van der Waals surface area contributed by atoms with Gasteiger partial charge in [-0.05, 0) is 25.7 Å². The van der Waals surface area contributed by atoms with Crippen LogP contribution < -0.4 is 0 Å². The van der Waals surface area contributed by atoms with E-state index in [9.17, 15) is 0 Å². The molecule has 0 aromatic heterocycles. The number of hydrogen-bond donors (Lipinski definition) is 0. The van der Waals surface area contributed by atoms with Crippen LogP contribution in [0.15, 0.2) is 0 Å². The van der Waals surface area contributed by atoms with Crippen molar-refractivity contribution in [1.29, 1.82) is 0 Å². The van der Waals surface area contributed by atoms with E-state index in [0.717, 1.165) is 32.5 Å². The molecule has 0 aromatic carbocycles. The molecule has 1 aliphatic rings. The second-order valence-corrected chi connectivity index (χ2v) is 5.14. The van der Waals surface area contributed by atoms with E-state index in [1.807, 2.05) is 0 Å². The predicted octanol–water partition coefficient (Wildman–Crippen LogP) is 4.67. The lowest BCUT2D eigenvalue weighted by Crippen LogP contribution is -2.15. The largest absolute Gasteiger partial charge is 0.353 e. The van der Waals surface area contributed by atoms with E-state index in [-0.39, 0.29) is 6.29 Å². The molecule has 0 atom stereocenters. The van der Waals surface area contributed by atoms with Crippen molar-refractivity contribution in [3.63, 3.8) is 0 Å². The third kappa shape index (κ3) is 8.62. The second-order valence-electron chi connectivity index (χ2n) is 5.14. The van der Waals surface area contributed by atoms with E-state index in [4.69, 9.17) is 9.47 Å². The van der Waals surface area contributed by atoms with Crippen molar-refractivity contribution >= 4 is 0 Å². The van der Waals surface area contributed by atoms with Crippen molar-refractivity contribution in [3.05, 3.63) is 0 Å². The first-order chi connectivity index (χ1) is 8.43. The molecule has 102 valence electrons. The Morgan fingerprint density at radius 2 is 1.29 bits per heavy atom. The third-order valence-corrected chi connectivity index (χ3v) is 3.44. The Labute approximate surface area is 107 Å². The van der Waals surface area contributed by atoms with Crippen molar-refractivity contribution in [2.75, 3.05) is 13.2 Å². The van der Waals surface area contributed by atoms with Crippen LogP contribution in [-0.4, -0.2) is 19.5 Å². The first-order valence-corrected chi connectivity index (χ1v) is 7.66. The molecule has 0 spiro atoms. The topological polar surface area (TPSA) is 18.5 Å². The fraction of sp³-hybridized carbons (Fsp3) is 1.00. The molecule has 1 fully saturated rings. The van der Waals surface area contributed by atoms with E-state index in [1.165, 1.54) is 51.4 Å². The third-order valence-electron chi connectivity index (χ3n) is 3.44. The van der Waals surface area contributed by atoms with Gasteiger partial charge in [0, 0.05) is 13.2 Å². The quantitative estimate of drug-likeness (QED) is 0.547. The average Bonchev–Trinajstić information content (AvgIpc) is 2.61. The lowest BCUT2D eigenvalue weighted by Gasteiger charge is -2.14. The second kappa shape index (κ2) is 11.0. The van der Waals surface area contributed by atoms with Gasteiger partial charge in [0.05, 0.1) is 0 Å². The number of unbranched alkanes of at least 4 members (excludes halogenated alkanes) is 7. The smallest absolute Gasteiger partial charge is 0.157 e. The van der Waals surface area contributed by atoms with Gasteiger partial charge in [0.2, 0.25) is 0 Å². The first kappa shape index (κ1) is 15.0. The van der Waals surface area contributed by atoms with Gasteiger partial charge in [-0.1, -0.05) is 51.9 Å². The van der Waals surface area contributed by atoms with Crippen LogP contribution in [0.2, 0.25) is 0 Å². The molecule has 2 heteroatoms. The van der Waals surface area contributed by atoms with E-state index in [2.05, 4.69) is 6.92 Å². The van der Waals surface area contributed by atoms with E-state index in [1.54, 1.807) is 0 Å². The Morgan fingerprint density at radius 1 is 0.765 bits per heavy atom. The average molecular weight is 242 g/mol. The summed E-state index contributed by atoms with van der Waals surface area (Å²) in [4.78, 5) is 0. The van der Waals surface area contributed by atoms with Crippen LogP contribution in [0.25, 0.3) is 0 Å². The van der Waals surface area contributed by atoms with Crippen molar-refractivity contribution in [2.24, 2.45) is 0 Å². The predicted molar refractivity (Wildman–Crippen MR) is 72.2 cm³/mol.